The lowest BCUT2D eigenvalue weighted by atomic mass is 9.82. The van der Waals surface area contributed by atoms with Gasteiger partial charge in [-0.3, -0.25) is 9.69 Å². The second kappa shape index (κ2) is 10.9. The van der Waals surface area contributed by atoms with Gasteiger partial charge in [0, 0.05) is 50.2 Å². The van der Waals surface area contributed by atoms with Crippen LogP contribution in [0.3, 0.4) is 0 Å². The zero-order valence-corrected chi connectivity index (χ0v) is 24.2. The van der Waals surface area contributed by atoms with Gasteiger partial charge in [-0.15, -0.1) is 0 Å². The van der Waals surface area contributed by atoms with Crippen molar-refractivity contribution in [3.8, 4) is 5.75 Å². The Morgan fingerprint density at radius 2 is 1.93 bits per heavy atom. The van der Waals surface area contributed by atoms with Gasteiger partial charge in [-0.05, 0) is 74.8 Å². The second-order valence-electron chi connectivity index (χ2n) is 11.6. The van der Waals surface area contributed by atoms with E-state index in [-0.39, 0.29) is 5.91 Å². The SMILES string of the molecule is COc1cc(N2CCN(CC3CC3)CC2)ccc1Nc1ncc(Cl)c(CCc2cccc3c2C(C)(C)C(=O)N3)n1. The third kappa shape index (κ3) is 5.47. The number of carbonyl (C=O) groups excluding carboxylic acids is 1. The van der Waals surface area contributed by atoms with Crippen molar-refractivity contribution >= 4 is 40.5 Å². The van der Waals surface area contributed by atoms with Gasteiger partial charge >= 0.3 is 0 Å². The van der Waals surface area contributed by atoms with Gasteiger partial charge in [0.15, 0.2) is 0 Å². The molecule has 6 rings (SSSR count). The summed E-state index contributed by atoms with van der Waals surface area (Å²) in [6.45, 7) is 9.45. The summed E-state index contributed by atoms with van der Waals surface area (Å²) in [4.78, 5) is 26.7. The molecule has 0 unspecified atom stereocenters. The molecule has 40 heavy (non-hydrogen) atoms. The molecule has 1 amide bonds. The van der Waals surface area contributed by atoms with E-state index < -0.39 is 5.41 Å². The molecule has 3 heterocycles. The quantitative estimate of drug-likeness (QED) is 0.361. The summed E-state index contributed by atoms with van der Waals surface area (Å²) in [5.74, 6) is 2.17. The Labute approximate surface area is 241 Å². The lowest BCUT2D eigenvalue weighted by Crippen LogP contribution is -2.47. The molecule has 1 aliphatic carbocycles. The van der Waals surface area contributed by atoms with Crippen molar-refractivity contribution in [3.63, 3.8) is 0 Å². The highest BCUT2D eigenvalue weighted by atomic mass is 35.5. The van der Waals surface area contributed by atoms with E-state index in [1.54, 1.807) is 13.3 Å². The van der Waals surface area contributed by atoms with E-state index in [2.05, 4.69) is 43.6 Å². The smallest absolute Gasteiger partial charge is 0.234 e. The van der Waals surface area contributed by atoms with Gasteiger partial charge < -0.3 is 20.3 Å². The van der Waals surface area contributed by atoms with Crippen molar-refractivity contribution in [2.45, 2.75) is 44.9 Å². The van der Waals surface area contributed by atoms with Crippen LogP contribution in [-0.2, 0) is 23.1 Å². The Morgan fingerprint density at radius 3 is 2.67 bits per heavy atom. The van der Waals surface area contributed by atoms with Crippen molar-refractivity contribution in [2.75, 3.05) is 55.4 Å². The summed E-state index contributed by atoms with van der Waals surface area (Å²) < 4.78 is 5.75. The number of piperazine rings is 1. The van der Waals surface area contributed by atoms with Crippen LogP contribution in [0.25, 0.3) is 0 Å². The van der Waals surface area contributed by atoms with Crippen LogP contribution in [0.5, 0.6) is 5.75 Å². The fraction of sp³-hybridized carbons (Fsp3) is 0.452. The van der Waals surface area contributed by atoms with Crippen LogP contribution in [0, 0.1) is 5.92 Å². The molecule has 2 aliphatic heterocycles. The maximum Gasteiger partial charge on any atom is 0.234 e. The van der Waals surface area contributed by atoms with Crippen molar-refractivity contribution < 1.29 is 9.53 Å². The molecule has 3 aromatic rings. The minimum atomic E-state index is -0.568. The number of benzene rings is 2. The molecule has 0 radical (unpaired) electrons. The van der Waals surface area contributed by atoms with Gasteiger partial charge in [0.05, 0.1) is 35.1 Å². The van der Waals surface area contributed by atoms with Crippen LogP contribution >= 0.6 is 11.6 Å². The number of hydrogen-bond acceptors (Lipinski definition) is 7. The standard InChI is InChI=1S/C31H37ClN6O2/c1-31(2)28-21(5-4-6-26(28)34-29(31)39)9-11-24-23(32)18-33-30(35-24)36-25-12-10-22(17-27(25)40-3)38-15-13-37(14-16-38)19-20-7-8-20/h4-6,10,12,17-18,20H,7-9,11,13-16,19H2,1-3H3,(H,34,39)(H,33,35,36). The molecule has 1 saturated heterocycles. The van der Waals surface area contributed by atoms with Gasteiger partial charge in [-0.1, -0.05) is 23.7 Å². The zero-order chi connectivity index (χ0) is 27.9. The first-order chi connectivity index (χ1) is 19.3. The second-order valence-corrected chi connectivity index (χ2v) is 12.1. The minimum Gasteiger partial charge on any atom is -0.494 e. The Bertz CT molecular complexity index is 1410. The van der Waals surface area contributed by atoms with E-state index in [0.29, 0.717) is 23.8 Å². The number of methoxy groups -OCH3 is 1. The molecule has 1 aromatic heterocycles. The first-order valence-electron chi connectivity index (χ1n) is 14.2. The fourth-order valence-electron chi connectivity index (χ4n) is 5.89. The van der Waals surface area contributed by atoms with Crippen LogP contribution in [0.15, 0.2) is 42.6 Å². The molecule has 8 nitrogen and oxygen atoms in total. The van der Waals surface area contributed by atoms with Crippen LogP contribution in [0.4, 0.5) is 23.0 Å². The third-order valence-electron chi connectivity index (χ3n) is 8.42. The molecular weight excluding hydrogens is 524 g/mol. The number of hydrogen-bond donors (Lipinski definition) is 2. The van der Waals surface area contributed by atoms with E-state index in [0.717, 1.165) is 71.7 Å². The van der Waals surface area contributed by atoms with E-state index in [1.807, 2.05) is 32.0 Å². The predicted octanol–water partition coefficient (Wildman–Crippen LogP) is 5.43. The number of nitrogens with one attached hydrogen (secondary N) is 2. The molecule has 2 N–H and O–H groups in total. The lowest BCUT2D eigenvalue weighted by Gasteiger charge is -2.36. The number of anilines is 4. The molecule has 0 atom stereocenters. The summed E-state index contributed by atoms with van der Waals surface area (Å²) >= 11 is 6.52. The van der Waals surface area contributed by atoms with Gasteiger partial charge in [0.1, 0.15) is 5.75 Å². The molecule has 210 valence electrons. The number of ether oxygens (including phenoxy) is 1. The topological polar surface area (TPSA) is 82.6 Å². The molecule has 9 heteroatoms. The zero-order valence-electron chi connectivity index (χ0n) is 23.5. The van der Waals surface area contributed by atoms with E-state index in [4.69, 9.17) is 21.3 Å². The highest BCUT2D eigenvalue weighted by molar-refractivity contribution is 6.31. The van der Waals surface area contributed by atoms with Crippen molar-refractivity contribution in [3.05, 3.63) is 64.4 Å². The highest BCUT2D eigenvalue weighted by Crippen LogP contribution is 2.40. The average Bonchev–Trinajstić information content (AvgIpc) is 3.74. The number of halogens is 1. The maximum absolute atomic E-state index is 12.5. The summed E-state index contributed by atoms with van der Waals surface area (Å²) in [5.41, 5.74) is 5.22. The third-order valence-corrected chi connectivity index (χ3v) is 8.74. The summed E-state index contributed by atoms with van der Waals surface area (Å²) in [5, 5.41) is 6.85. The Hall–Kier alpha value is -3.36. The first kappa shape index (κ1) is 26.8. The van der Waals surface area contributed by atoms with Crippen molar-refractivity contribution in [1.29, 1.82) is 0 Å². The number of aromatic nitrogens is 2. The molecular formula is C31H37ClN6O2. The molecule has 0 spiro atoms. The molecule has 0 bridgehead atoms. The lowest BCUT2D eigenvalue weighted by molar-refractivity contribution is -0.119. The number of carbonyl (C=O) groups is 1. The van der Waals surface area contributed by atoms with Gasteiger partial charge in [0.2, 0.25) is 11.9 Å². The number of aryl methyl sites for hydroxylation is 2. The number of amides is 1. The van der Waals surface area contributed by atoms with Gasteiger partial charge in [-0.2, -0.15) is 0 Å². The summed E-state index contributed by atoms with van der Waals surface area (Å²) in [7, 11) is 1.69. The number of rotatable bonds is 9. The Balaban J connectivity index is 1.14. The Kier molecular flexibility index (Phi) is 7.31. The van der Waals surface area contributed by atoms with E-state index in [1.165, 1.54) is 19.4 Å². The largest absolute Gasteiger partial charge is 0.494 e. The number of fused-ring (bicyclic) bond motifs is 1. The van der Waals surface area contributed by atoms with Crippen LogP contribution in [0.2, 0.25) is 5.02 Å². The highest BCUT2D eigenvalue weighted by Gasteiger charge is 2.39. The normalized spacial score (nSPS) is 18.4. The van der Waals surface area contributed by atoms with E-state index in [9.17, 15) is 4.79 Å². The summed E-state index contributed by atoms with van der Waals surface area (Å²) in [6, 6.07) is 12.3. The maximum atomic E-state index is 12.5. The van der Waals surface area contributed by atoms with Crippen LogP contribution in [0.1, 0.15) is 43.5 Å². The van der Waals surface area contributed by atoms with Crippen LogP contribution in [-0.4, -0.2) is 60.6 Å². The Morgan fingerprint density at radius 1 is 1.12 bits per heavy atom. The van der Waals surface area contributed by atoms with Gasteiger partial charge in [-0.25, -0.2) is 9.97 Å². The molecule has 2 fully saturated rings. The monoisotopic (exact) mass is 560 g/mol. The molecule has 1 saturated carbocycles. The fourth-order valence-corrected chi connectivity index (χ4v) is 6.07. The summed E-state index contributed by atoms with van der Waals surface area (Å²) in [6.07, 6.45) is 5.78. The predicted molar refractivity (Wildman–Crippen MR) is 160 cm³/mol. The minimum absolute atomic E-state index is 0.0253. The van der Waals surface area contributed by atoms with E-state index >= 15 is 0 Å². The van der Waals surface area contributed by atoms with Crippen LogP contribution < -0.4 is 20.3 Å². The molecule has 3 aliphatic rings. The van der Waals surface area contributed by atoms with Crippen molar-refractivity contribution in [1.82, 2.24) is 14.9 Å². The average molecular weight is 561 g/mol. The van der Waals surface area contributed by atoms with Gasteiger partial charge in [0.25, 0.3) is 0 Å². The first-order valence-corrected chi connectivity index (χ1v) is 14.6. The number of nitrogens with zero attached hydrogens (tertiary/aromatic N) is 4. The molecule has 2 aromatic carbocycles. The van der Waals surface area contributed by atoms with Crippen molar-refractivity contribution in [2.24, 2.45) is 5.92 Å².